The number of nitrogens with zero attached hydrogens (tertiary/aromatic N) is 3. The second kappa shape index (κ2) is 9.79. The van der Waals surface area contributed by atoms with Gasteiger partial charge in [0.05, 0.1) is 10.4 Å². The van der Waals surface area contributed by atoms with Crippen LogP contribution in [0, 0.1) is 25.2 Å². The van der Waals surface area contributed by atoms with Gasteiger partial charge in [-0.05, 0) is 56.5 Å². The smallest absolute Gasteiger partial charge is 0.329 e. The molecule has 1 saturated heterocycles. The average Bonchev–Trinajstić information content (AvgIpc) is 3.60. The van der Waals surface area contributed by atoms with Crippen LogP contribution in [-0.4, -0.2) is 46.4 Å². The second-order valence-electron chi connectivity index (χ2n) is 8.64. The first-order valence-corrected chi connectivity index (χ1v) is 12.2. The zero-order chi connectivity index (χ0) is 23.5. The molecule has 0 bridgehead atoms. The monoisotopic (exact) mass is 468 g/mol. The molecule has 0 spiro atoms. The lowest BCUT2D eigenvalue weighted by molar-refractivity contribution is -0.151. The summed E-state index contributed by atoms with van der Waals surface area (Å²) in [5.74, 6) is -0.777. The first-order valence-electron chi connectivity index (χ1n) is 11.3. The highest BCUT2D eigenvalue weighted by Crippen LogP contribution is 2.37. The molecule has 2 amide bonds. The minimum Gasteiger partial charge on any atom is -0.454 e. The zero-order valence-corrected chi connectivity index (χ0v) is 19.7. The summed E-state index contributed by atoms with van der Waals surface area (Å²) < 4.78 is 7.35. The number of anilines is 1. The number of carbonyl (C=O) groups is 3. The Morgan fingerprint density at radius 3 is 2.64 bits per heavy atom. The number of ether oxygens (including phenoxy) is 1. The van der Waals surface area contributed by atoms with Gasteiger partial charge in [0.15, 0.2) is 6.61 Å². The molecule has 2 fully saturated rings. The number of likely N-dealkylation sites (tertiary alicyclic amines) is 1. The van der Waals surface area contributed by atoms with E-state index in [9.17, 15) is 19.6 Å². The number of nitrogens with one attached hydrogen (secondary N) is 1. The summed E-state index contributed by atoms with van der Waals surface area (Å²) in [6, 6.07) is 5.30. The maximum atomic E-state index is 12.7. The van der Waals surface area contributed by atoms with Crippen LogP contribution >= 0.6 is 11.3 Å². The third kappa shape index (κ3) is 4.53. The fourth-order valence-electron chi connectivity index (χ4n) is 4.90. The zero-order valence-electron chi connectivity index (χ0n) is 18.9. The summed E-state index contributed by atoms with van der Waals surface area (Å²) >= 11 is 1.33. The molecule has 1 N–H and O–H groups in total. The predicted octanol–water partition coefficient (Wildman–Crippen LogP) is 3.94. The van der Waals surface area contributed by atoms with Crippen molar-refractivity contribution in [1.82, 2.24) is 9.47 Å². The van der Waals surface area contributed by atoms with Crippen molar-refractivity contribution in [2.45, 2.75) is 64.5 Å². The maximum absolute atomic E-state index is 12.7. The van der Waals surface area contributed by atoms with E-state index in [2.05, 4.69) is 16.0 Å². The standard InChI is InChI=1S/C24H28N4O4S/c1-15-16(2)28(17-7-3-4-8-17)22(18(15)13-25)26-21(29)14-32-24(31)19-9-5-11-27(19)23(30)20-10-6-12-33-20/h6,10,12,17,19H,3-5,7-9,11,14H2,1-2H3,(H,26,29)/t19-/m0/s1. The largest absolute Gasteiger partial charge is 0.454 e. The van der Waals surface area contributed by atoms with E-state index in [4.69, 9.17) is 4.74 Å². The molecule has 2 aromatic rings. The lowest BCUT2D eigenvalue weighted by Crippen LogP contribution is -2.41. The van der Waals surface area contributed by atoms with Crippen LogP contribution in [0.15, 0.2) is 17.5 Å². The third-order valence-electron chi connectivity index (χ3n) is 6.68. The fourth-order valence-corrected chi connectivity index (χ4v) is 5.58. The SMILES string of the molecule is Cc1c(C#N)c(NC(=O)COC(=O)[C@@H]2CCCN2C(=O)c2cccs2)n(C2CCCC2)c1C. The number of carbonyl (C=O) groups excluding carboxylic acids is 3. The predicted molar refractivity (Wildman–Crippen MR) is 124 cm³/mol. The maximum Gasteiger partial charge on any atom is 0.329 e. The van der Waals surface area contributed by atoms with Gasteiger partial charge in [-0.3, -0.25) is 9.59 Å². The number of hydrogen-bond acceptors (Lipinski definition) is 6. The van der Waals surface area contributed by atoms with Gasteiger partial charge in [0.25, 0.3) is 11.8 Å². The highest BCUT2D eigenvalue weighted by molar-refractivity contribution is 7.12. The molecular weight excluding hydrogens is 440 g/mol. The van der Waals surface area contributed by atoms with Gasteiger partial charge in [-0.15, -0.1) is 11.3 Å². The van der Waals surface area contributed by atoms with Gasteiger partial charge in [-0.2, -0.15) is 5.26 Å². The Bertz CT molecular complexity index is 1090. The van der Waals surface area contributed by atoms with Crippen molar-refractivity contribution < 1.29 is 19.1 Å². The van der Waals surface area contributed by atoms with E-state index < -0.39 is 24.5 Å². The fraction of sp³-hybridized carbons (Fsp3) is 0.500. The minimum absolute atomic E-state index is 0.187. The quantitative estimate of drug-likeness (QED) is 0.647. The van der Waals surface area contributed by atoms with E-state index in [1.54, 1.807) is 12.1 Å². The topological polar surface area (TPSA) is 104 Å². The number of amides is 2. The Hall–Kier alpha value is -3.12. The molecule has 0 unspecified atom stereocenters. The van der Waals surface area contributed by atoms with Gasteiger partial charge in [0, 0.05) is 18.3 Å². The second-order valence-corrected chi connectivity index (χ2v) is 9.59. The van der Waals surface area contributed by atoms with Crippen molar-refractivity contribution in [3.63, 3.8) is 0 Å². The molecule has 4 rings (SSSR count). The van der Waals surface area contributed by atoms with Gasteiger partial charge < -0.3 is 19.5 Å². The summed E-state index contributed by atoms with van der Waals surface area (Å²) in [5, 5.41) is 14.3. The highest BCUT2D eigenvalue weighted by Gasteiger charge is 2.36. The van der Waals surface area contributed by atoms with Gasteiger partial charge in [0.1, 0.15) is 17.9 Å². The van der Waals surface area contributed by atoms with Gasteiger partial charge in [0.2, 0.25) is 0 Å². The van der Waals surface area contributed by atoms with Crippen molar-refractivity contribution >= 4 is 34.9 Å². The molecule has 1 atom stereocenters. The molecule has 33 heavy (non-hydrogen) atoms. The molecule has 1 aliphatic heterocycles. The van der Waals surface area contributed by atoms with Crippen molar-refractivity contribution in [3.05, 3.63) is 39.2 Å². The van der Waals surface area contributed by atoms with E-state index in [0.29, 0.717) is 35.6 Å². The van der Waals surface area contributed by atoms with E-state index in [1.165, 1.54) is 16.2 Å². The Morgan fingerprint density at radius 1 is 1.21 bits per heavy atom. The number of thiophene rings is 1. The highest BCUT2D eigenvalue weighted by atomic mass is 32.1. The molecule has 8 nitrogen and oxygen atoms in total. The van der Waals surface area contributed by atoms with Crippen molar-refractivity contribution in [1.29, 1.82) is 5.26 Å². The number of hydrogen-bond donors (Lipinski definition) is 1. The number of esters is 1. The minimum atomic E-state index is -0.686. The van der Waals surface area contributed by atoms with Crippen LogP contribution in [0.4, 0.5) is 5.82 Å². The molecule has 0 aromatic carbocycles. The van der Waals surface area contributed by atoms with Gasteiger partial charge in [-0.25, -0.2) is 4.79 Å². The van der Waals surface area contributed by atoms with Crippen LogP contribution in [0.5, 0.6) is 0 Å². The Morgan fingerprint density at radius 2 is 1.97 bits per heavy atom. The molecular formula is C24H28N4O4S. The Balaban J connectivity index is 1.42. The van der Waals surface area contributed by atoms with E-state index in [0.717, 1.165) is 36.9 Å². The molecule has 3 heterocycles. The van der Waals surface area contributed by atoms with Gasteiger partial charge >= 0.3 is 5.97 Å². The molecule has 9 heteroatoms. The first kappa shape index (κ1) is 23.1. The van der Waals surface area contributed by atoms with Crippen LogP contribution in [0.1, 0.15) is 71.1 Å². The van der Waals surface area contributed by atoms with E-state index >= 15 is 0 Å². The van der Waals surface area contributed by atoms with E-state index in [1.807, 2.05) is 19.2 Å². The van der Waals surface area contributed by atoms with Crippen LogP contribution < -0.4 is 5.32 Å². The van der Waals surface area contributed by atoms with Crippen molar-refractivity contribution in [2.24, 2.45) is 0 Å². The molecule has 1 saturated carbocycles. The Labute approximate surface area is 197 Å². The van der Waals surface area contributed by atoms with Crippen LogP contribution in [-0.2, 0) is 14.3 Å². The number of aromatic nitrogens is 1. The van der Waals surface area contributed by atoms with Crippen LogP contribution in [0.3, 0.4) is 0 Å². The normalized spacial score (nSPS) is 18.3. The first-order chi connectivity index (χ1) is 15.9. The molecule has 1 aliphatic carbocycles. The molecule has 0 radical (unpaired) electrons. The van der Waals surface area contributed by atoms with Crippen molar-refractivity contribution in [2.75, 3.05) is 18.5 Å². The summed E-state index contributed by atoms with van der Waals surface area (Å²) in [5.41, 5.74) is 2.27. The summed E-state index contributed by atoms with van der Waals surface area (Å²) in [7, 11) is 0. The summed E-state index contributed by atoms with van der Waals surface area (Å²) in [6.07, 6.45) is 5.48. The Kier molecular flexibility index (Phi) is 6.84. The lowest BCUT2D eigenvalue weighted by Gasteiger charge is -2.23. The van der Waals surface area contributed by atoms with Crippen molar-refractivity contribution in [3.8, 4) is 6.07 Å². The number of rotatable bonds is 6. The lowest BCUT2D eigenvalue weighted by atomic mass is 10.2. The molecule has 2 aliphatic rings. The average molecular weight is 469 g/mol. The van der Waals surface area contributed by atoms with Gasteiger partial charge in [-0.1, -0.05) is 18.9 Å². The summed E-state index contributed by atoms with van der Waals surface area (Å²) in [6.45, 7) is 3.87. The van der Waals surface area contributed by atoms with E-state index in [-0.39, 0.29) is 11.9 Å². The van der Waals surface area contributed by atoms with Crippen LogP contribution in [0.25, 0.3) is 0 Å². The number of nitriles is 1. The van der Waals surface area contributed by atoms with Crippen LogP contribution in [0.2, 0.25) is 0 Å². The molecule has 174 valence electrons. The third-order valence-corrected chi connectivity index (χ3v) is 7.54. The summed E-state index contributed by atoms with van der Waals surface area (Å²) in [4.78, 5) is 40.2. The molecule has 2 aromatic heterocycles.